The molecule has 0 aliphatic rings. The largest absolute Gasteiger partial charge is 0.497 e. The molecule has 2 aromatic heterocycles. The van der Waals surface area contributed by atoms with Crippen LogP contribution in [-0.4, -0.2) is 32.4 Å². The van der Waals surface area contributed by atoms with E-state index in [0.717, 1.165) is 4.68 Å². The molecule has 2 heterocycles. The van der Waals surface area contributed by atoms with Crippen LogP contribution < -0.4 is 15.6 Å². The molecule has 146 valence electrons. The summed E-state index contributed by atoms with van der Waals surface area (Å²) in [5.74, 6) is -0.0826. The zero-order chi connectivity index (χ0) is 20.4. The summed E-state index contributed by atoms with van der Waals surface area (Å²) < 4.78 is 20.6. The van der Waals surface area contributed by atoms with Crippen LogP contribution in [-0.2, 0) is 11.3 Å². The van der Waals surface area contributed by atoms with Crippen LogP contribution in [0, 0.1) is 5.82 Å². The molecule has 0 atom stereocenters. The number of rotatable bonds is 5. The SMILES string of the molecule is COc1ccc(NC(=O)Cn2ncn3nc(-c4ccc(F)cc4)cc3c2=O)cc1. The van der Waals surface area contributed by atoms with Crippen molar-refractivity contribution in [3.63, 3.8) is 0 Å². The van der Waals surface area contributed by atoms with Gasteiger partial charge in [0.25, 0.3) is 5.56 Å². The first kappa shape index (κ1) is 18.4. The molecule has 4 aromatic rings. The predicted molar refractivity (Wildman–Crippen MR) is 104 cm³/mol. The number of hydrogen-bond acceptors (Lipinski definition) is 5. The summed E-state index contributed by atoms with van der Waals surface area (Å²) in [5.41, 5.74) is 1.55. The molecule has 1 amide bonds. The van der Waals surface area contributed by atoms with Gasteiger partial charge in [0, 0.05) is 11.3 Å². The van der Waals surface area contributed by atoms with Crippen LogP contribution in [0.15, 0.2) is 65.7 Å². The molecular weight excluding hydrogens is 377 g/mol. The first-order valence-corrected chi connectivity index (χ1v) is 8.69. The van der Waals surface area contributed by atoms with Crippen LogP contribution in [0.4, 0.5) is 10.1 Å². The average Bonchev–Trinajstić information content (AvgIpc) is 3.16. The van der Waals surface area contributed by atoms with Crippen molar-refractivity contribution in [1.82, 2.24) is 19.4 Å². The number of halogens is 1. The number of carbonyl (C=O) groups is 1. The van der Waals surface area contributed by atoms with Gasteiger partial charge in [-0.05, 0) is 54.6 Å². The molecule has 0 unspecified atom stereocenters. The lowest BCUT2D eigenvalue weighted by molar-refractivity contribution is -0.117. The smallest absolute Gasteiger partial charge is 0.293 e. The summed E-state index contributed by atoms with van der Waals surface area (Å²) >= 11 is 0. The van der Waals surface area contributed by atoms with Crippen molar-refractivity contribution in [2.75, 3.05) is 12.4 Å². The fourth-order valence-electron chi connectivity index (χ4n) is 2.82. The zero-order valence-electron chi connectivity index (χ0n) is 15.4. The predicted octanol–water partition coefficient (Wildman–Crippen LogP) is 2.34. The maximum atomic E-state index is 13.1. The van der Waals surface area contributed by atoms with Gasteiger partial charge in [0.15, 0.2) is 0 Å². The maximum absolute atomic E-state index is 13.1. The lowest BCUT2D eigenvalue weighted by Crippen LogP contribution is -2.30. The van der Waals surface area contributed by atoms with Crippen molar-refractivity contribution >= 4 is 17.1 Å². The van der Waals surface area contributed by atoms with Crippen molar-refractivity contribution in [1.29, 1.82) is 0 Å². The van der Waals surface area contributed by atoms with Crippen LogP contribution in [0.5, 0.6) is 5.75 Å². The Morgan fingerprint density at radius 2 is 1.86 bits per heavy atom. The molecule has 0 bridgehead atoms. The molecule has 1 N–H and O–H groups in total. The Balaban J connectivity index is 1.56. The van der Waals surface area contributed by atoms with Gasteiger partial charge in [-0.15, -0.1) is 0 Å². The summed E-state index contributed by atoms with van der Waals surface area (Å²) in [6.07, 6.45) is 1.35. The first-order valence-electron chi connectivity index (χ1n) is 8.69. The van der Waals surface area contributed by atoms with Crippen molar-refractivity contribution in [3.05, 3.63) is 77.1 Å². The Bertz CT molecular complexity index is 1230. The second-order valence-electron chi connectivity index (χ2n) is 6.24. The Labute approximate surface area is 164 Å². The average molecular weight is 393 g/mol. The summed E-state index contributed by atoms with van der Waals surface area (Å²) in [6.45, 7) is -0.252. The van der Waals surface area contributed by atoms with Gasteiger partial charge in [-0.3, -0.25) is 9.59 Å². The van der Waals surface area contributed by atoms with E-state index in [4.69, 9.17) is 4.74 Å². The van der Waals surface area contributed by atoms with E-state index < -0.39 is 11.5 Å². The van der Waals surface area contributed by atoms with Gasteiger partial charge < -0.3 is 10.1 Å². The Morgan fingerprint density at radius 1 is 1.14 bits per heavy atom. The van der Waals surface area contributed by atoms with Crippen molar-refractivity contribution < 1.29 is 13.9 Å². The fraction of sp³-hybridized carbons (Fsp3) is 0.100. The van der Waals surface area contributed by atoms with E-state index in [1.54, 1.807) is 49.6 Å². The number of fused-ring (bicyclic) bond motifs is 1. The Morgan fingerprint density at radius 3 is 2.55 bits per heavy atom. The molecule has 0 saturated carbocycles. The van der Waals surface area contributed by atoms with Gasteiger partial charge in [0.05, 0.1) is 12.8 Å². The minimum Gasteiger partial charge on any atom is -0.497 e. The molecule has 0 aliphatic carbocycles. The summed E-state index contributed by atoms with van der Waals surface area (Å²) in [6, 6.07) is 14.2. The molecule has 4 rings (SSSR count). The van der Waals surface area contributed by atoms with Crippen molar-refractivity contribution in [3.8, 4) is 17.0 Å². The van der Waals surface area contributed by atoms with E-state index >= 15 is 0 Å². The minimum absolute atomic E-state index is 0.252. The van der Waals surface area contributed by atoms with Crippen molar-refractivity contribution in [2.24, 2.45) is 0 Å². The number of amides is 1. The standard InChI is InChI=1S/C20H16FN5O3/c1-29-16-8-6-15(7-9-16)23-19(27)11-25-20(28)18-10-17(24-26(18)12-22-25)13-2-4-14(21)5-3-13/h2-10,12H,11H2,1H3,(H,23,27). The number of aromatic nitrogens is 4. The minimum atomic E-state index is -0.460. The highest BCUT2D eigenvalue weighted by Gasteiger charge is 2.12. The second kappa shape index (κ2) is 7.55. The zero-order valence-corrected chi connectivity index (χ0v) is 15.4. The highest BCUT2D eigenvalue weighted by molar-refractivity contribution is 5.90. The number of anilines is 1. The first-order chi connectivity index (χ1) is 14.0. The fourth-order valence-corrected chi connectivity index (χ4v) is 2.82. The van der Waals surface area contributed by atoms with Gasteiger partial charge in [-0.1, -0.05) is 0 Å². The number of nitrogens with one attached hydrogen (secondary N) is 1. The van der Waals surface area contributed by atoms with E-state index in [1.165, 1.54) is 23.0 Å². The lowest BCUT2D eigenvalue weighted by Gasteiger charge is -2.07. The van der Waals surface area contributed by atoms with Crippen LogP contribution >= 0.6 is 0 Å². The third-order valence-electron chi connectivity index (χ3n) is 4.30. The highest BCUT2D eigenvalue weighted by Crippen LogP contribution is 2.18. The molecule has 8 nitrogen and oxygen atoms in total. The number of carbonyl (C=O) groups excluding carboxylic acids is 1. The molecule has 9 heteroatoms. The van der Waals surface area contributed by atoms with E-state index in [1.807, 2.05) is 0 Å². The topological polar surface area (TPSA) is 90.5 Å². The molecular formula is C20H16FN5O3. The molecule has 0 saturated heterocycles. The normalized spacial score (nSPS) is 10.8. The van der Waals surface area contributed by atoms with E-state index in [-0.39, 0.29) is 17.9 Å². The second-order valence-corrected chi connectivity index (χ2v) is 6.24. The van der Waals surface area contributed by atoms with Gasteiger partial charge >= 0.3 is 0 Å². The molecule has 29 heavy (non-hydrogen) atoms. The van der Waals surface area contributed by atoms with E-state index in [0.29, 0.717) is 22.7 Å². The highest BCUT2D eigenvalue weighted by atomic mass is 19.1. The van der Waals surface area contributed by atoms with Gasteiger partial charge in [-0.25, -0.2) is 13.6 Å². The summed E-state index contributed by atoms with van der Waals surface area (Å²) in [4.78, 5) is 25.0. The number of ether oxygens (including phenoxy) is 1. The molecule has 0 aliphatic heterocycles. The van der Waals surface area contributed by atoms with E-state index in [9.17, 15) is 14.0 Å². The molecule has 0 fully saturated rings. The maximum Gasteiger partial charge on any atom is 0.293 e. The molecule has 2 aromatic carbocycles. The number of methoxy groups -OCH3 is 1. The number of hydrogen-bond donors (Lipinski definition) is 1. The van der Waals surface area contributed by atoms with Crippen LogP contribution in [0.3, 0.4) is 0 Å². The van der Waals surface area contributed by atoms with Gasteiger partial charge in [-0.2, -0.15) is 10.2 Å². The van der Waals surface area contributed by atoms with E-state index in [2.05, 4.69) is 15.5 Å². The Hall–Kier alpha value is -4.01. The Kier molecular flexibility index (Phi) is 4.78. The molecule has 0 radical (unpaired) electrons. The summed E-state index contributed by atoms with van der Waals surface area (Å²) in [7, 11) is 1.56. The third-order valence-corrected chi connectivity index (χ3v) is 4.30. The van der Waals surface area contributed by atoms with Crippen LogP contribution in [0.2, 0.25) is 0 Å². The van der Waals surface area contributed by atoms with Gasteiger partial charge in [0.1, 0.15) is 30.0 Å². The van der Waals surface area contributed by atoms with Crippen LogP contribution in [0.25, 0.3) is 16.8 Å². The number of benzene rings is 2. The summed E-state index contributed by atoms with van der Waals surface area (Å²) in [5, 5.41) is 11.0. The quantitative estimate of drug-likeness (QED) is 0.562. The molecule has 0 spiro atoms. The lowest BCUT2D eigenvalue weighted by atomic mass is 10.1. The third kappa shape index (κ3) is 3.84. The van der Waals surface area contributed by atoms with Crippen LogP contribution in [0.1, 0.15) is 0 Å². The monoisotopic (exact) mass is 393 g/mol. The van der Waals surface area contributed by atoms with Crippen molar-refractivity contribution in [2.45, 2.75) is 6.54 Å². The van der Waals surface area contributed by atoms with Gasteiger partial charge in [0.2, 0.25) is 5.91 Å². The number of nitrogens with zero attached hydrogens (tertiary/aromatic N) is 4.